The van der Waals surface area contributed by atoms with Crippen molar-refractivity contribution in [2.75, 3.05) is 19.3 Å². The van der Waals surface area contributed by atoms with E-state index in [-0.39, 0.29) is 5.78 Å². The number of benzene rings is 1. The van der Waals surface area contributed by atoms with Crippen LogP contribution in [0, 0.1) is 0 Å². The molecule has 16 heavy (non-hydrogen) atoms. The maximum atomic E-state index is 11.8. The first-order valence-corrected chi connectivity index (χ1v) is 6.67. The molecule has 0 aliphatic heterocycles. The van der Waals surface area contributed by atoms with E-state index in [2.05, 4.69) is 12.2 Å². The van der Waals surface area contributed by atoms with Crippen molar-refractivity contribution in [2.24, 2.45) is 0 Å². The lowest BCUT2D eigenvalue weighted by atomic mass is 10.1. The number of Topliss-reactive ketones (excluding diaryl/α,β-unsaturated/α-hetero) is 1. The largest absolute Gasteiger partial charge is 0.320 e. The number of thioether (sulfide) groups is 1. The summed E-state index contributed by atoms with van der Waals surface area (Å²) in [4.78, 5) is 13.0. The Morgan fingerprint density at radius 2 is 2.00 bits per heavy atom. The highest BCUT2D eigenvalue weighted by molar-refractivity contribution is 7.99. The van der Waals surface area contributed by atoms with Crippen molar-refractivity contribution in [3.05, 3.63) is 29.8 Å². The molecule has 1 rings (SSSR count). The highest BCUT2D eigenvalue weighted by Gasteiger charge is 2.04. The van der Waals surface area contributed by atoms with Crippen LogP contribution in [0.5, 0.6) is 0 Å². The molecule has 88 valence electrons. The molecule has 0 aliphatic rings. The van der Waals surface area contributed by atoms with Crippen molar-refractivity contribution in [3.8, 4) is 0 Å². The zero-order chi connectivity index (χ0) is 11.8. The molecule has 2 nitrogen and oxygen atoms in total. The van der Waals surface area contributed by atoms with E-state index in [9.17, 15) is 4.79 Å². The summed E-state index contributed by atoms with van der Waals surface area (Å²) in [5, 5.41) is 3.04. The van der Waals surface area contributed by atoms with E-state index in [1.54, 1.807) is 11.8 Å². The number of nitrogens with one attached hydrogen (secondary N) is 1. The molecule has 1 N–H and O–H groups in total. The minimum atomic E-state index is 0.239. The summed E-state index contributed by atoms with van der Waals surface area (Å²) in [5.41, 5.74) is 0.830. The fourth-order valence-electron chi connectivity index (χ4n) is 1.47. The topological polar surface area (TPSA) is 29.1 Å². The predicted molar refractivity (Wildman–Crippen MR) is 70.3 cm³/mol. The van der Waals surface area contributed by atoms with Crippen molar-refractivity contribution in [3.63, 3.8) is 0 Å². The molecule has 0 aliphatic carbocycles. The minimum Gasteiger partial charge on any atom is -0.320 e. The molecule has 0 saturated carbocycles. The van der Waals surface area contributed by atoms with E-state index in [0.29, 0.717) is 6.42 Å². The van der Waals surface area contributed by atoms with Crippen LogP contribution in [0.1, 0.15) is 30.1 Å². The summed E-state index contributed by atoms with van der Waals surface area (Å²) in [7, 11) is 1.90. The van der Waals surface area contributed by atoms with E-state index >= 15 is 0 Å². The quantitative estimate of drug-likeness (QED) is 0.449. The average molecular weight is 237 g/mol. The van der Waals surface area contributed by atoms with Gasteiger partial charge in [-0.2, -0.15) is 0 Å². The van der Waals surface area contributed by atoms with Gasteiger partial charge >= 0.3 is 0 Å². The van der Waals surface area contributed by atoms with Crippen LogP contribution < -0.4 is 5.32 Å². The summed E-state index contributed by atoms with van der Waals surface area (Å²) >= 11 is 1.80. The zero-order valence-corrected chi connectivity index (χ0v) is 10.8. The molecule has 0 aromatic heterocycles. The van der Waals surface area contributed by atoms with Crippen molar-refractivity contribution >= 4 is 17.5 Å². The molecule has 0 fully saturated rings. The van der Waals surface area contributed by atoms with E-state index in [4.69, 9.17) is 0 Å². The van der Waals surface area contributed by atoms with Crippen molar-refractivity contribution in [2.45, 2.75) is 24.7 Å². The molecular formula is C13H19NOS. The van der Waals surface area contributed by atoms with Crippen molar-refractivity contribution in [1.29, 1.82) is 0 Å². The van der Waals surface area contributed by atoms with Crippen LogP contribution in [0.15, 0.2) is 29.2 Å². The second-order valence-corrected chi connectivity index (χ2v) is 4.93. The average Bonchev–Trinajstić information content (AvgIpc) is 2.30. The smallest absolute Gasteiger partial charge is 0.162 e. The van der Waals surface area contributed by atoms with Gasteiger partial charge in [0.1, 0.15) is 0 Å². The Hall–Kier alpha value is -0.800. The van der Waals surface area contributed by atoms with Gasteiger partial charge in [-0.25, -0.2) is 0 Å². The van der Waals surface area contributed by atoms with Gasteiger partial charge in [0.05, 0.1) is 0 Å². The summed E-state index contributed by atoms with van der Waals surface area (Å²) in [6, 6.07) is 7.92. The maximum Gasteiger partial charge on any atom is 0.162 e. The molecule has 0 unspecified atom stereocenters. The Labute approximate surface area is 102 Å². The molecule has 0 radical (unpaired) electrons. The Kier molecular flexibility index (Phi) is 6.19. The first-order chi connectivity index (χ1) is 7.77. The van der Waals surface area contributed by atoms with Crippen molar-refractivity contribution in [1.82, 2.24) is 5.32 Å². The summed E-state index contributed by atoms with van der Waals surface area (Å²) in [5.74, 6) is 1.30. The number of hydrogen-bond donors (Lipinski definition) is 1. The fraction of sp³-hybridized carbons (Fsp3) is 0.462. The van der Waals surface area contributed by atoms with E-state index in [1.807, 2.05) is 31.3 Å². The SMILES string of the molecule is CCSc1ccc(C(=O)CCCNC)cc1. The number of carbonyl (C=O) groups is 1. The predicted octanol–water partition coefficient (Wildman–Crippen LogP) is 2.98. The van der Waals surface area contributed by atoms with Gasteiger partial charge in [0, 0.05) is 16.9 Å². The molecule has 1 aromatic rings. The lowest BCUT2D eigenvalue weighted by Gasteiger charge is -2.02. The monoisotopic (exact) mass is 237 g/mol. The molecule has 0 atom stereocenters. The summed E-state index contributed by atoms with van der Waals surface area (Å²) < 4.78 is 0. The molecule has 1 aromatic carbocycles. The van der Waals surface area contributed by atoms with Crippen LogP contribution in [0.2, 0.25) is 0 Å². The summed E-state index contributed by atoms with van der Waals surface area (Å²) in [6.45, 7) is 3.02. The Balaban J connectivity index is 2.49. The molecule has 0 amide bonds. The van der Waals surface area contributed by atoms with E-state index < -0.39 is 0 Å². The fourth-order valence-corrected chi connectivity index (χ4v) is 2.14. The minimum absolute atomic E-state index is 0.239. The van der Waals surface area contributed by atoms with Crippen LogP contribution in [-0.2, 0) is 0 Å². The van der Waals surface area contributed by atoms with Crippen LogP contribution in [-0.4, -0.2) is 25.1 Å². The third-order valence-corrected chi connectivity index (χ3v) is 3.21. The lowest BCUT2D eigenvalue weighted by Crippen LogP contribution is -2.10. The molecule has 0 spiro atoms. The van der Waals surface area contributed by atoms with Gasteiger partial charge in [-0.15, -0.1) is 11.8 Å². The Morgan fingerprint density at radius 3 is 2.56 bits per heavy atom. The van der Waals surface area contributed by atoms with Gasteiger partial charge in [0.25, 0.3) is 0 Å². The zero-order valence-electron chi connectivity index (χ0n) is 9.95. The highest BCUT2D eigenvalue weighted by Crippen LogP contribution is 2.18. The molecule has 0 saturated heterocycles. The number of ketones is 1. The molecular weight excluding hydrogens is 218 g/mol. The van der Waals surface area contributed by atoms with Crippen molar-refractivity contribution < 1.29 is 4.79 Å². The molecule has 0 heterocycles. The number of hydrogen-bond acceptors (Lipinski definition) is 3. The third kappa shape index (κ3) is 4.37. The van der Waals surface area contributed by atoms with Crippen LogP contribution in [0.25, 0.3) is 0 Å². The first-order valence-electron chi connectivity index (χ1n) is 5.68. The molecule has 3 heteroatoms. The number of rotatable bonds is 7. The maximum absolute atomic E-state index is 11.8. The lowest BCUT2D eigenvalue weighted by molar-refractivity contribution is 0.0980. The standard InChI is InChI=1S/C13H19NOS/c1-3-16-12-8-6-11(7-9-12)13(15)5-4-10-14-2/h6-9,14H,3-5,10H2,1-2H3. The van der Waals surface area contributed by atoms with Crippen LogP contribution in [0.3, 0.4) is 0 Å². The number of carbonyl (C=O) groups excluding carboxylic acids is 1. The van der Waals surface area contributed by atoms with Crippen LogP contribution in [0.4, 0.5) is 0 Å². The second-order valence-electron chi connectivity index (χ2n) is 3.59. The van der Waals surface area contributed by atoms with Gasteiger partial charge in [0.15, 0.2) is 5.78 Å². The normalized spacial score (nSPS) is 10.4. The third-order valence-electron chi connectivity index (χ3n) is 2.32. The van der Waals surface area contributed by atoms with E-state index in [1.165, 1.54) is 4.90 Å². The second kappa shape index (κ2) is 7.47. The first kappa shape index (κ1) is 13.3. The Morgan fingerprint density at radius 1 is 1.31 bits per heavy atom. The highest BCUT2D eigenvalue weighted by atomic mass is 32.2. The van der Waals surface area contributed by atoms with Gasteiger partial charge in [0.2, 0.25) is 0 Å². The van der Waals surface area contributed by atoms with Gasteiger partial charge in [-0.3, -0.25) is 4.79 Å². The molecule has 0 bridgehead atoms. The van der Waals surface area contributed by atoms with Gasteiger partial charge in [-0.05, 0) is 37.9 Å². The Bertz CT molecular complexity index is 321. The summed E-state index contributed by atoms with van der Waals surface area (Å²) in [6.07, 6.45) is 1.53. The van der Waals surface area contributed by atoms with Gasteiger partial charge in [-0.1, -0.05) is 19.1 Å². The van der Waals surface area contributed by atoms with Crippen LogP contribution >= 0.6 is 11.8 Å². The van der Waals surface area contributed by atoms with E-state index in [0.717, 1.165) is 24.3 Å². The van der Waals surface area contributed by atoms with Gasteiger partial charge < -0.3 is 5.32 Å².